The fourth-order valence-corrected chi connectivity index (χ4v) is 3.72. The molecule has 0 aliphatic carbocycles. The summed E-state index contributed by atoms with van der Waals surface area (Å²) in [5.41, 5.74) is 3.15. The van der Waals surface area contributed by atoms with Gasteiger partial charge in [-0.1, -0.05) is 64.5 Å². The van der Waals surface area contributed by atoms with Gasteiger partial charge in [-0.05, 0) is 34.0 Å². The Kier molecular flexibility index (Phi) is 3.69. The summed E-state index contributed by atoms with van der Waals surface area (Å²) in [6, 6.07) is 19.1. The molecular formula is C20H14BrNO2. The SMILES string of the molecule is O=C1c2ccccc2C(=O)N1Cc1ccc(CBr)c2ccccc12. The number of benzene rings is 3. The van der Waals surface area contributed by atoms with Crippen LogP contribution in [0.1, 0.15) is 31.8 Å². The standard InChI is InChI=1S/C20H14BrNO2/c21-11-13-9-10-14(16-6-2-1-5-15(13)16)12-22-19(23)17-7-3-4-8-18(17)20(22)24/h1-10H,11-12H2. The maximum atomic E-state index is 12.6. The zero-order chi connectivity index (χ0) is 16.7. The Morgan fingerprint density at radius 3 is 1.79 bits per heavy atom. The second-order valence-corrected chi connectivity index (χ2v) is 6.37. The highest BCUT2D eigenvalue weighted by molar-refractivity contribution is 9.08. The Bertz CT molecular complexity index is 945. The van der Waals surface area contributed by atoms with Gasteiger partial charge in [0, 0.05) is 5.33 Å². The van der Waals surface area contributed by atoms with E-state index >= 15 is 0 Å². The number of rotatable bonds is 3. The Morgan fingerprint density at radius 1 is 0.708 bits per heavy atom. The van der Waals surface area contributed by atoms with E-state index in [1.54, 1.807) is 24.3 Å². The summed E-state index contributed by atoms with van der Waals surface area (Å²) in [4.78, 5) is 26.5. The third-order valence-electron chi connectivity index (χ3n) is 4.46. The molecule has 3 nitrogen and oxygen atoms in total. The molecular weight excluding hydrogens is 366 g/mol. The molecule has 24 heavy (non-hydrogen) atoms. The second-order valence-electron chi connectivity index (χ2n) is 5.81. The first-order valence-electron chi connectivity index (χ1n) is 7.71. The molecule has 0 saturated heterocycles. The number of hydrogen-bond donors (Lipinski definition) is 0. The molecule has 0 N–H and O–H groups in total. The Hall–Kier alpha value is -2.46. The predicted octanol–water partition coefficient (Wildman–Crippen LogP) is 4.53. The number of halogens is 1. The van der Waals surface area contributed by atoms with E-state index in [-0.39, 0.29) is 18.4 Å². The van der Waals surface area contributed by atoms with Gasteiger partial charge >= 0.3 is 0 Å². The predicted molar refractivity (Wildman–Crippen MR) is 97.2 cm³/mol. The molecule has 0 unspecified atom stereocenters. The summed E-state index contributed by atoms with van der Waals surface area (Å²) >= 11 is 3.51. The van der Waals surface area contributed by atoms with Crippen molar-refractivity contribution in [1.29, 1.82) is 0 Å². The van der Waals surface area contributed by atoms with Crippen molar-refractivity contribution in [2.75, 3.05) is 0 Å². The maximum absolute atomic E-state index is 12.6. The maximum Gasteiger partial charge on any atom is 0.261 e. The number of hydrogen-bond acceptors (Lipinski definition) is 2. The van der Waals surface area contributed by atoms with Gasteiger partial charge in [0.25, 0.3) is 11.8 Å². The monoisotopic (exact) mass is 379 g/mol. The lowest BCUT2D eigenvalue weighted by Crippen LogP contribution is -2.29. The first-order chi connectivity index (χ1) is 11.7. The van der Waals surface area contributed by atoms with Crippen LogP contribution in [0.2, 0.25) is 0 Å². The molecule has 0 fully saturated rings. The lowest BCUT2D eigenvalue weighted by molar-refractivity contribution is 0.0643. The first-order valence-corrected chi connectivity index (χ1v) is 8.83. The van der Waals surface area contributed by atoms with Crippen LogP contribution in [-0.4, -0.2) is 16.7 Å². The van der Waals surface area contributed by atoms with E-state index in [1.807, 2.05) is 30.3 Å². The quantitative estimate of drug-likeness (QED) is 0.495. The van der Waals surface area contributed by atoms with Crippen molar-refractivity contribution < 1.29 is 9.59 Å². The van der Waals surface area contributed by atoms with Crippen LogP contribution in [0, 0.1) is 0 Å². The largest absolute Gasteiger partial charge is 0.270 e. The van der Waals surface area contributed by atoms with Crippen molar-refractivity contribution >= 4 is 38.5 Å². The van der Waals surface area contributed by atoms with Gasteiger partial charge in [0.2, 0.25) is 0 Å². The molecule has 1 heterocycles. The van der Waals surface area contributed by atoms with E-state index in [0.717, 1.165) is 21.7 Å². The molecule has 118 valence electrons. The number of fused-ring (bicyclic) bond motifs is 2. The number of carbonyl (C=O) groups is 2. The Labute approximate surface area is 148 Å². The van der Waals surface area contributed by atoms with Crippen molar-refractivity contribution in [2.24, 2.45) is 0 Å². The number of alkyl halides is 1. The summed E-state index contributed by atoms with van der Waals surface area (Å²) in [5, 5.41) is 2.98. The van der Waals surface area contributed by atoms with Crippen molar-refractivity contribution in [3.8, 4) is 0 Å². The fourth-order valence-electron chi connectivity index (χ4n) is 3.23. The lowest BCUT2D eigenvalue weighted by Gasteiger charge is -2.16. The topological polar surface area (TPSA) is 37.4 Å². The Morgan fingerprint density at radius 2 is 1.21 bits per heavy atom. The van der Waals surface area contributed by atoms with Crippen LogP contribution in [0.5, 0.6) is 0 Å². The molecule has 0 bridgehead atoms. The van der Waals surface area contributed by atoms with Crippen LogP contribution in [0.4, 0.5) is 0 Å². The van der Waals surface area contributed by atoms with Gasteiger partial charge in [-0.25, -0.2) is 0 Å². The minimum Gasteiger partial charge on any atom is -0.270 e. The number of nitrogens with zero attached hydrogens (tertiary/aromatic N) is 1. The Balaban J connectivity index is 1.76. The summed E-state index contributed by atoms with van der Waals surface area (Å²) < 4.78 is 0. The van der Waals surface area contributed by atoms with E-state index in [1.165, 1.54) is 10.5 Å². The molecule has 4 rings (SSSR count). The van der Waals surface area contributed by atoms with Crippen LogP contribution in [0.3, 0.4) is 0 Å². The lowest BCUT2D eigenvalue weighted by atomic mass is 10.00. The van der Waals surface area contributed by atoms with Gasteiger partial charge in [0.1, 0.15) is 0 Å². The van der Waals surface area contributed by atoms with Gasteiger partial charge in [-0.2, -0.15) is 0 Å². The second kappa shape index (κ2) is 5.87. The van der Waals surface area contributed by atoms with Crippen molar-refractivity contribution in [3.63, 3.8) is 0 Å². The molecule has 1 aliphatic rings. The van der Waals surface area contributed by atoms with Crippen LogP contribution < -0.4 is 0 Å². The molecule has 4 heteroatoms. The highest BCUT2D eigenvalue weighted by atomic mass is 79.9. The average molecular weight is 380 g/mol. The molecule has 2 amide bonds. The van der Waals surface area contributed by atoms with Gasteiger partial charge in [-0.15, -0.1) is 0 Å². The van der Waals surface area contributed by atoms with Crippen LogP contribution in [0.25, 0.3) is 10.8 Å². The molecule has 0 radical (unpaired) electrons. The summed E-state index contributed by atoms with van der Waals surface area (Å²) in [7, 11) is 0. The minimum atomic E-state index is -0.218. The van der Waals surface area contributed by atoms with E-state index in [2.05, 4.69) is 22.0 Å². The zero-order valence-electron chi connectivity index (χ0n) is 12.8. The third-order valence-corrected chi connectivity index (χ3v) is 5.06. The van der Waals surface area contributed by atoms with Crippen LogP contribution in [0.15, 0.2) is 60.7 Å². The van der Waals surface area contributed by atoms with Crippen molar-refractivity contribution in [2.45, 2.75) is 11.9 Å². The average Bonchev–Trinajstić information content (AvgIpc) is 2.87. The summed E-state index contributed by atoms with van der Waals surface area (Å²) in [6.07, 6.45) is 0. The van der Waals surface area contributed by atoms with Crippen molar-refractivity contribution in [3.05, 3.63) is 82.9 Å². The van der Waals surface area contributed by atoms with Gasteiger partial charge in [0.05, 0.1) is 17.7 Å². The highest BCUT2D eigenvalue weighted by Crippen LogP contribution is 2.29. The fraction of sp³-hybridized carbons (Fsp3) is 0.100. The summed E-state index contributed by atoms with van der Waals surface area (Å²) in [5.74, 6) is -0.437. The normalized spacial score (nSPS) is 13.6. The molecule has 3 aromatic rings. The van der Waals surface area contributed by atoms with E-state index in [0.29, 0.717) is 11.1 Å². The smallest absolute Gasteiger partial charge is 0.261 e. The number of carbonyl (C=O) groups excluding carboxylic acids is 2. The first kappa shape index (κ1) is 15.1. The molecule has 0 atom stereocenters. The van der Waals surface area contributed by atoms with Gasteiger partial charge in [-0.3, -0.25) is 14.5 Å². The minimum absolute atomic E-state index is 0.218. The molecule has 1 aliphatic heterocycles. The van der Waals surface area contributed by atoms with Gasteiger partial charge in [0.15, 0.2) is 0 Å². The van der Waals surface area contributed by atoms with E-state index in [9.17, 15) is 9.59 Å². The van der Waals surface area contributed by atoms with Crippen LogP contribution in [-0.2, 0) is 11.9 Å². The third kappa shape index (κ3) is 2.26. The molecule has 0 saturated carbocycles. The molecule has 0 aromatic heterocycles. The van der Waals surface area contributed by atoms with E-state index < -0.39 is 0 Å². The van der Waals surface area contributed by atoms with Crippen molar-refractivity contribution in [1.82, 2.24) is 4.90 Å². The van der Waals surface area contributed by atoms with Crippen LogP contribution >= 0.6 is 15.9 Å². The highest BCUT2D eigenvalue weighted by Gasteiger charge is 2.35. The number of imide groups is 1. The number of amides is 2. The van der Waals surface area contributed by atoms with Gasteiger partial charge < -0.3 is 0 Å². The molecule has 3 aromatic carbocycles. The summed E-state index contributed by atoms with van der Waals surface area (Å²) in [6.45, 7) is 0.287. The van der Waals surface area contributed by atoms with E-state index in [4.69, 9.17) is 0 Å². The zero-order valence-corrected chi connectivity index (χ0v) is 14.4. The molecule has 0 spiro atoms.